The van der Waals surface area contributed by atoms with Crippen molar-refractivity contribution in [1.29, 1.82) is 0 Å². The van der Waals surface area contributed by atoms with Crippen LogP contribution < -0.4 is 0 Å². The fourth-order valence-corrected chi connectivity index (χ4v) is 2.70. The van der Waals surface area contributed by atoms with Crippen LogP contribution >= 0.6 is 0 Å². The van der Waals surface area contributed by atoms with Crippen molar-refractivity contribution in [2.24, 2.45) is 0 Å². The maximum absolute atomic E-state index is 12.0. The molecule has 8 heteroatoms. The zero-order valence-corrected chi connectivity index (χ0v) is 18.1. The Labute approximate surface area is 168 Å². The minimum Gasteiger partial charge on any atom is -0.477 e. The van der Waals surface area contributed by atoms with E-state index in [1.54, 1.807) is 0 Å². The van der Waals surface area contributed by atoms with Crippen molar-refractivity contribution in [1.82, 2.24) is 0 Å². The molecule has 0 saturated carbocycles. The van der Waals surface area contributed by atoms with E-state index < -0.39 is 24.1 Å². The van der Waals surface area contributed by atoms with Crippen LogP contribution in [0, 0.1) is 0 Å². The van der Waals surface area contributed by atoms with E-state index in [2.05, 4.69) is 6.92 Å². The quantitative estimate of drug-likeness (QED) is 0.239. The van der Waals surface area contributed by atoms with Gasteiger partial charge in [0, 0.05) is 19.8 Å². The van der Waals surface area contributed by atoms with Gasteiger partial charge in [-0.15, -0.1) is 0 Å². The minimum absolute atomic E-state index is 0.0539. The van der Waals surface area contributed by atoms with Gasteiger partial charge < -0.3 is 23.8 Å². The van der Waals surface area contributed by atoms with Gasteiger partial charge in [-0.25, -0.2) is 4.79 Å². The van der Waals surface area contributed by atoms with E-state index in [0.29, 0.717) is 12.8 Å². The van der Waals surface area contributed by atoms with Crippen molar-refractivity contribution in [3.05, 3.63) is 0 Å². The SMILES string of the molecule is CCCCCCCC(=O)OC(COCCC(C(=O)O)[N+](C)(C)C)COC(C)=O. The molecular formula is C20H38NO7+. The number of carboxylic acids is 1. The van der Waals surface area contributed by atoms with Crippen LogP contribution in [0.25, 0.3) is 0 Å². The average Bonchev–Trinajstić information content (AvgIpc) is 2.57. The Bertz CT molecular complexity index is 474. The summed E-state index contributed by atoms with van der Waals surface area (Å²) in [7, 11) is 5.43. The maximum atomic E-state index is 12.0. The Morgan fingerprint density at radius 1 is 1.00 bits per heavy atom. The van der Waals surface area contributed by atoms with Crippen molar-refractivity contribution in [2.75, 3.05) is 41.0 Å². The van der Waals surface area contributed by atoms with E-state index in [1.807, 2.05) is 21.1 Å². The molecule has 0 aromatic rings. The van der Waals surface area contributed by atoms with Crippen LogP contribution in [0.2, 0.25) is 0 Å². The summed E-state index contributed by atoms with van der Waals surface area (Å²) in [5.74, 6) is -1.69. The summed E-state index contributed by atoms with van der Waals surface area (Å²) in [5.41, 5.74) is 0. The first-order valence-electron chi connectivity index (χ1n) is 10.0. The highest BCUT2D eigenvalue weighted by atomic mass is 16.6. The number of quaternary nitrogens is 1. The van der Waals surface area contributed by atoms with E-state index in [9.17, 15) is 19.5 Å². The third-order valence-electron chi connectivity index (χ3n) is 4.31. The third kappa shape index (κ3) is 13.5. The van der Waals surface area contributed by atoms with Gasteiger partial charge in [0.05, 0.1) is 34.4 Å². The number of hydrogen-bond donors (Lipinski definition) is 1. The number of carbonyl (C=O) groups excluding carboxylic acids is 2. The highest BCUT2D eigenvalue weighted by Crippen LogP contribution is 2.10. The molecule has 1 N–H and O–H groups in total. The molecule has 0 aliphatic heterocycles. The van der Waals surface area contributed by atoms with Crippen LogP contribution in [-0.2, 0) is 28.6 Å². The van der Waals surface area contributed by atoms with Gasteiger partial charge in [0.15, 0.2) is 12.1 Å². The van der Waals surface area contributed by atoms with Gasteiger partial charge in [-0.1, -0.05) is 32.6 Å². The predicted octanol–water partition coefficient (Wildman–Crippen LogP) is 2.39. The van der Waals surface area contributed by atoms with Crippen molar-refractivity contribution < 1.29 is 38.2 Å². The largest absolute Gasteiger partial charge is 0.477 e. The summed E-state index contributed by atoms with van der Waals surface area (Å²) < 4.78 is 16.1. The number of nitrogens with zero attached hydrogens (tertiary/aromatic N) is 1. The molecule has 0 spiro atoms. The van der Waals surface area contributed by atoms with Crippen LogP contribution in [0.4, 0.5) is 0 Å². The number of carboxylic acid groups (broad SMARTS) is 1. The Hall–Kier alpha value is -1.67. The molecule has 164 valence electrons. The first-order chi connectivity index (χ1) is 13.1. The number of unbranched alkanes of at least 4 members (excludes halogenated alkanes) is 4. The zero-order valence-electron chi connectivity index (χ0n) is 18.1. The molecule has 0 amide bonds. The van der Waals surface area contributed by atoms with Crippen molar-refractivity contribution >= 4 is 17.9 Å². The summed E-state index contributed by atoms with van der Waals surface area (Å²) in [4.78, 5) is 34.4. The highest BCUT2D eigenvalue weighted by Gasteiger charge is 2.31. The number of aliphatic carboxylic acids is 1. The molecular weight excluding hydrogens is 366 g/mol. The molecule has 0 bridgehead atoms. The zero-order chi connectivity index (χ0) is 21.6. The molecule has 2 atom stereocenters. The lowest BCUT2D eigenvalue weighted by Gasteiger charge is -2.31. The summed E-state index contributed by atoms with van der Waals surface area (Å²) >= 11 is 0. The molecule has 0 rings (SSSR count). The van der Waals surface area contributed by atoms with Gasteiger partial charge in [0.1, 0.15) is 6.61 Å². The van der Waals surface area contributed by atoms with E-state index in [4.69, 9.17) is 14.2 Å². The summed E-state index contributed by atoms with van der Waals surface area (Å²) in [5, 5.41) is 9.32. The number of esters is 2. The Kier molecular flexibility index (Phi) is 13.5. The second-order valence-electron chi connectivity index (χ2n) is 7.91. The average molecular weight is 405 g/mol. The molecule has 0 heterocycles. The van der Waals surface area contributed by atoms with Crippen LogP contribution in [0.3, 0.4) is 0 Å². The lowest BCUT2D eigenvalue weighted by Crippen LogP contribution is -2.50. The Balaban J connectivity index is 4.38. The summed E-state index contributed by atoms with van der Waals surface area (Å²) in [6.07, 6.45) is 5.10. The van der Waals surface area contributed by atoms with Gasteiger partial charge in [0.2, 0.25) is 0 Å². The predicted molar refractivity (Wildman–Crippen MR) is 105 cm³/mol. The molecule has 2 unspecified atom stereocenters. The number of carbonyl (C=O) groups is 3. The van der Waals surface area contributed by atoms with Gasteiger partial charge in [-0.2, -0.15) is 0 Å². The minimum atomic E-state index is -0.887. The van der Waals surface area contributed by atoms with Crippen LogP contribution in [0.1, 0.15) is 58.8 Å². The van der Waals surface area contributed by atoms with E-state index >= 15 is 0 Å². The highest BCUT2D eigenvalue weighted by molar-refractivity contribution is 5.72. The molecule has 0 fully saturated rings. The van der Waals surface area contributed by atoms with E-state index in [1.165, 1.54) is 6.92 Å². The summed E-state index contributed by atoms with van der Waals surface area (Å²) in [6.45, 7) is 3.60. The smallest absolute Gasteiger partial charge is 0.362 e. The second kappa shape index (κ2) is 14.3. The van der Waals surface area contributed by atoms with Crippen LogP contribution in [0.15, 0.2) is 0 Å². The monoisotopic (exact) mass is 404 g/mol. The molecule has 0 aromatic carbocycles. The molecule has 0 saturated heterocycles. The summed E-state index contributed by atoms with van der Waals surface area (Å²) in [6, 6.07) is -0.599. The van der Waals surface area contributed by atoms with Crippen LogP contribution in [0.5, 0.6) is 0 Å². The molecule has 0 aromatic heterocycles. The number of likely N-dealkylation sites (N-methyl/N-ethyl adjacent to an activating group) is 1. The van der Waals surface area contributed by atoms with Crippen LogP contribution in [-0.4, -0.2) is 80.6 Å². The Morgan fingerprint density at radius 2 is 1.64 bits per heavy atom. The first-order valence-corrected chi connectivity index (χ1v) is 10.0. The Morgan fingerprint density at radius 3 is 2.18 bits per heavy atom. The molecule has 8 nitrogen and oxygen atoms in total. The topological polar surface area (TPSA) is 99.1 Å². The van der Waals surface area contributed by atoms with Gasteiger partial charge in [-0.3, -0.25) is 9.59 Å². The fourth-order valence-electron chi connectivity index (χ4n) is 2.70. The lowest BCUT2D eigenvalue weighted by atomic mass is 10.1. The normalized spacial score (nSPS) is 13.6. The molecule has 0 aliphatic carbocycles. The number of ether oxygens (including phenoxy) is 3. The number of hydrogen-bond acceptors (Lipinski definition) is 6. The fraction of sp³-hybridized carbons (Fsp3) is 0.850. The lowest BCUT2D eigenvalue weighted by molar-refractivity contribution is -0.887. The van der Waals surface area contributed by atoms with Crippen molar-refractivity contribution in [3.63, 3.8) is 0 Å². The van der Waals surface area contributed by atoms with E-state index in [-0.39, 0.29) is 30.3 Å². The van der Waals surface area contributed by atoms with Gasteiger partial charge in [0.25, 0.3) is 0 Å². The van der Waals surface area contributed by atoms with Crippen molar-refractivity contribution in [3.8, 4) is 0 Å². The second-order valence-corrected chi connectivity index (χ2v) is 7.91. The van der Waals surface area contributed by atoms with Crippen molar-refractivity contribution in [2.45, 2.75) is 70.9 Å². The van der Waals surface area contributed by atoms with E-state index in [0.717, 1.165) is 32.1 Å². The standard InChI is InChI=1S/C20H37NO7/c1-6-7-8-9-10-11-19(23)28-17(15-27-16(2)22)14-26-13-12-18(20(24)25)21(3,4)5/h17-18H,6-15H2,1-5H3/p+1. The van der Waals surface area contributed by atoms with Gasteiger partial charge >= 0.3 is 17.9 Å². The molecule has 0 radical (unpaired) electrons. The van der Waals surface area contributed by atoms with Gasteiger partial charge in [-0.05, 0) is 6.42 Å². The third-order valence-corrected chi connectivity index (χ3v) is 4.31. The number of rotatable bonds is 16. The maximum Gasteiger partial charge on any atom is 0.362 e. The molecule has 28 heavy (non-hydrogen) atoms. The molecule has 0 aliphatic rings. The first kappa shape index (κ1) is 26.3.